The van der Waals surface area contributed by atoms with E-state index in [9.17, 15) is 4.79 Å². The van der Waals surface area contributed by atoms with Gasteiger partial charge in [0.2, 0.25) is 5.91 Å². The molecule has 110 valence electrons. The second-order valence-corrected chi connectivity index (χ2v) is 6.32. The number of hydrogen-bond donors (Lipinski definition) is 1. The lowest BCUT2D eigenvalue weighted by Gasteiger charge is -2.17. The summed E-state index contributed by atoms with van der Waals surface area (Å²) in [4.78, 5) is 12.1. The van der Waals surface area contributed by atoms with Crippen LogP contribution in [0.4, 0.5) is 0 Å². The molecule has 1 N–H and O–H groups in total. The van der Waals surface area contributed by atoms with Gasteiger partial charge in [-0.15, -0.1) is 11.6 Å². The van der Waals surface area contributed by atoms with Gasteiger partial charge < -0.3 is 5.32 Å². The van der Waals surface area contributed by atoms with Crippen molar-refractivity contribution in [3.8, 4) is 0 Å². The highest BCUT2D eigenvalue weighted by Crippen LogP contribution is 2.31. The van der Waals surface area contributed by atoms with E-state index in [1.807, 2.05) is 0 Å². The van der Waals surface area contributed by atoms with Crippen LogP contribution < -0.4 is 5.32 Å². The minimum Gasteiger partial charge on any atom is -0.356 e. The SMILES string of the molecule is Cc1ccc(C)c(CC(=O)NCC2CCCC2CCl)c1. The summed E-state index contributed by atoms with van der Waals surface area (Å²) in [6.07, 6.45) is 4.13. The Morgan fingerprint density at radius 3 is 2.80 bits per heavy atom. The minimum absolute atomic E-state index is 0.124. The molecule has 1 saturated carbocycles. The highest BCUT2D eigenvalue weighted by Gasteiger charge is 2.26. The molecule has 0 aliphatic heterocycles. The van der Waals surface area contributed by atoms with Crippen molar-refractivity contribution in [2.24, 2.45) is 11.8 Å². The first-order valence-electron chi connectivity index (χ1n) is 7.49. The molecule has 3 heteroatoms. The predicted molar refractivity (Wildman–Crippen MR) is 84.2 cm³/mol. The zero-order chi connectivity index (χ0) is 14.5. The van der Waals surface area contributed by atoms with Gasteiger partial charge in [0.05, 0.1) is 6.42 Å². The molecule has 20 heavy (non-hydrogen) atoms. The summed E-state index contributed by atoms with van der Waals surface area (Å²) in [5.41, 5.74) is 3.52. The standard InChI is InChI=1S/C17H24ClNO/c1-12-6-7-13(2)16(8-12)9-17(20)19-11-15-5-3-4-14(15)10-18/h6-8,14-15H,3-5,9-11H2,1-2H3,(H,19,20). The van der Waals surface area contributed by atoms with Crippen LogP contribution in [0.5, 0.6) is 0 Å². The van der Waals surface area contributed by atoms with Crippen molar-refractivity contribution < 1.29 is 4.79 Å². The van der Waals surface area contributed by atoms with Crippen LogP contribution in [0.3, 0.4) is 0 Å². The lowest BCUT2D eigenvalue weighted by molar-refractivity contribution is -0.120. The third-order valence-electron chi connectivity index (χ3n) is 4.43. The van der Waals surface area contributed by atoms with Gasteiger partial charge in [-0.3, -0.25) is 4.79 Å². The number of carbonyl (C=O) groups is 1. The average Bonchev–Trinajstić information content (AvgIpc) is 2.88. The van der Waals surface area contributed by atoms with Crippen molar-refractivity contribution in [1.29, 1.82) is 0 Å². The summed E-state index contributed by atoms with van der Waals surface area (Å²) in [5.74, 6) is 1.99. The van der Waals surface area contributed by atoms with Crippen molar-refractivity contribution in [3.63, 3.8) is 0 Å². The minimum atomic E-state index is 0.124. The lowest BCUT2D eigenvalue weighted by atomic mass is 9.97. The second kappa shape index (κ2) is 7.12. The molecule has 1 fully saturated rings. The van der Waals surface area contributed by atoms with Gasteiger partial charge >= 0.3 is 0 Å². The Hall–Kier alpha value is -1.02. The molecule has 1 aliphatic rings. The molecule has 0 bridgehead atoms. The average molecular weight is 294 g/mol. The van der Waals surface area contributed by atoms with Gasteiger partial charge in [-0.25, -0.2) is 0 Å². The third kappa shape index (κ3) is 3.99. The van der Waals surface area contributed by atoms with Gasteiger partial charge in [-0.1, -0.05) is 30.2 Å². The smallest absolute Gasteiger partial charge is 0.224 e. The number of amides is 1. The molecule has 2 atom stereocenters. The Bertz CT molecular complexity index is 472. The number of halogens is 1. The Morgan fingerprint density at radius 2 is 2.05 bits per heavy atom. The first-order chi connectivity index (χ1) is 9.60. The van der Waals surface area contributed by atoms with Gasteiger partial charge in [-0.05, 0) is 49.7 Å². The maximum absolute atomic E-state index is 12.1. The van der Waals surface area contributed by atoms with Crippen molar-refractivity contribution in [1.82, 2.24) is 5.32 Å². The van der Waals surface area contributed by atoms with Crippen LogP contribution in [0.2, 0.25) is 0 Å². The van der Waals surface area contributed by atoms with E-state index >= 15 is 0 Å². The largest absolute Gasteiger partial charge is 0.356 e. The number of rotatable bonds is 5. The third-order valence-corrected chi connectivity index (χ3v) is 4.83. The molecule has 1 aromatic carbocycles. The summed E-state index contributed by atoms with van der Waals surface area (Å²) < 4.78 is 0. The molecule has 0 saturated heterocycles. The molecule has 2 unspecified atom stereocenters. The lowest BCUT2D eigenvalue weighted by Crippen LogP contribution is -2.32. The quantitative estimate of drug-likeness (QED) is 0.826. The zero-order valence-electron chi connectivity index (χ0n) is 12.4. The topological polar surface area (TPSA) is 29.1 Å². The molecular formula is C17H24ClNO. The van der Waals surface area contributed by atoms with Crippen LogP contribution in [0.1, 0.15) is 36.0 Å². The van der Waals surface area contributed by atoms with E-state index in [0.29, 0.717) is 18.3 Å². The van der Waals surface area contributed by atoms with E-state index in [4.69, 9.17) is 11.6 Å². The fraction of sp³-hybridized carbons (Fsp3) is 0.588. The van der Waals surface area contributed by atoms with E-state index in [1.165, 1.54) is 30.4 Å². The Labute approximate surface area is 126 Å². The van der Waals surface area contributed by atoms with E-state index in [2.05, 4.69) is 37.4 Å². The summed E-state index contributed by atoms with van der Waals surface area (Å²) in [6, 6.07) is 6.27. The second-order valence-electron chi connectivity index (χ2n) is 6.02. The molecule has 1 aliphatic carbocycles. The highest BCUT2D eigenvalue weighted by atomic mass is 35.5. The van der Waals surface area contributed by atoms with Gasteiger partial charge in [-0.2, -0.15) is 0 Å². The fourth-order valence-corrected chi connectivity index (χ4v) is 3.46. The van der Waals surface area contributed by atoms with Crippen LogP contribution in [0.25, 0.3) is 0 Å². The summed E-state index contributed by atoms with van der Waals surface area (Å²) in [7, 11) is 0. The number of benzene rings is 1. The van der Waals surface area contributed by atoms with E-state index < -0.39 is 0 Å². The van der Waals surface area contributed by atoms with Gasteiger partial charge in [0.1, 0.15) is 0 Å². The van der Waals surface area contributed by atoms with Crippen molar-refractivity contribution in [2.75, 3.05) is 12.4 Å². The number of alkyl halides is 1. The maximum Gasteiger partial charge on any atom is 0.224 e. The normalized spacial score (nSPS) is 21.9. The predicted octanol–water partition coefficient (Wildman–Crippen LogP) is 3.62. The number of aryl methyl sites for hydroxylation is 2. The molecule has 0 heterocycles. The highest BCUT2D eigenvalue weighted by molar-refractivity contribution is 6.18. The van der Waals surface area contributed by atoms with Crippen molar-refractivity contribution in [3.05, 3.63) is 34.9 Å². The number of carbonyl (C=O) groups excluding carboxylic acids is 1. The van der Waals surface area contributed by atoms with E-state index in [-0.39, 0.29) is 5.91 Å². The first-order valence-corrected chi connectivity index (χ1v) is 8.02. The molecule has 0 aromatic heterocycles. The Morgan fingerprint density at radius 1 is 1.30 bits per heavy atom. The van der Waals surface area contributed by atoms with E-state index in [1.54, 1.807) is 0 Å². The summed E-state index contributed by atoms with van der Waals surface area (Å²) >= 11 is 5.97. The van der Waals surface area contributed by atoms with Crippen molar-refractivity contribution >= 4 is 17.5 Å². The number of nitrogens with one attached hydrogen (secondary N) is 1. The molecule has 0 radical (unpaired) electrons. The van der Waals surface area contributed by atoms with E-state index in [0.717, 1.165) is 18.0 Å². The Kier molecular flexibility index (Phi) is 5.47. The number of hydrogen-bond acceptors (Lipinski definition) is 1. The zero-order valence-corrected chi connectivity index (χ0v) is 13.2. The molecule has 2 rings (SSSR count). The molecule has 1 amide bonds. The Balaban J connectivity index is 1.85. The van der Waals surface area contributed by atoms with Crippen LogP contribution in [0.15, 0.2) is 18.2 Å². The van der Waals surface area contributed by atoms with Gasteiger partial charge in [0, 0.05) is 12.4 Å². The molecule has 0 spiro atoms. The fourth-order valence-electron chi connectivity index (χ4n) is 3.06. The van der Waals surface area contributed by atoms with Crippen LogP contribution in [-0.2, 0) is 11.2 Å². The van der Waals surface area contributed by atoms with Crippen LogP contribution in [0, 0.1) is 25.7 Å². The maximum atomic E-state index is 12.1. The van der Waals surface area contributed by atoms with Crippen molar-refractivity contribution in [2.45, 2.75) is 39.5 Å². The first kappa shape index (κ1) is 15.4. The molecule has 2 nitrogen and oxygen atoms in total. The molecular weight excluding hydrogens is 270 g/mol. The summed E-state index contributed by atoms with van der Waals surface area (Å²) in [5, 5.41) is 3.09. The van der Waals surface area contributed by atoms with Crippen LogP contribution >= 0.6 is 11.6 Å². The van der Waals surface area contributed by atoms with Crippen LogP contribution in [-0.4, -0.2) is 18.3 Å². The van der Waals surface area contributed by atoms with Gasteiger partial charge in [0.25, 0.3) is 0 Å². The monoisotopic (exact) mass is 293 g/mol. The van der Waals surface area contributed by atoms with Gasteiger partial charge in [0.15, 0.2) is 0 Å². The molecule has 1 aromatic rings. The summed E-state index contributed by atoms with van der Waals surface area (Å²) in [6.45, 7) is 4.90.